The van der Waals surface area contributed by atoms with Crippen LogP contribution in [0, 0.1) is 5.92 Å². The maximum atomic E-state index is 5.83. The molecule has 0 aromatic rings. The average molecular weight is 233 g/mol. The first-order valence-corrected chi connectivity index (χ1v) is 6.69. The minimum absolute atomic E-state index is 0.605. The van der Waals surface area contributed by atoms with Crippen molar-refractivity contribution in [3.63, 3.8) is 0 Å². The van der Waals surface area contributed by atoms with Crippen molar-refractivity contribution in [2.45, 2.75) is 32.7 Å². The molecule has 0 spiro atoms. The van der Waals surface area contributed by atoms with Crippen molar-refractivity contribution in [2.75, 3.05) is 39.1 Å². The molecule has 1 aliphatic rings. The van der Waals surface area contributed by atoms with Gasteiger partial charge in [0.2, 0.25) is 0 Å². The fourth-order valence-corrected chi connectivity index (χ4v) is 2.63. The molecule has 0 saturated carbocycles. The monoisotopic (exact) mass is 232 g/mol. The molecular weight excluding hydrogens is 208 g/mol. The van der Waals surface area contributed by atoms with Crippen LogP contribution in [0.5, 0.6) is 0 Å². The lowest BCUT2D eigenvalue weighted by atomic mass is 10.1. The molecule has 2 atom stereocenters. The molecule has 15 heavy (non-hydrogen) atoms. The number of hydrogen-bond donors (Lipinski definition) is 0. The van der Waals surface area contributed by atoms with E-state index < -0.39 is 0 Å². The summed E-state index contributed by atoms with van der Waals surface area (Å²) in [6.45, 7) is 9.30. The van der Waals surface area contributed by atoms with Gasteiger partial charge in [0, 0.05) is 25.0 Å². The zero-order chi connectivity index (χ0) is 11.3. The van der Waals surface area contributed by atoms with Crippen molar-refractivity contribution >= 4 is 11.6 Å². The predicted octanol–water partition coefficient (Wildman–Crippen LogP) is 2.28. The van der Waals surface area contributed by atoms with Gasteiger partial charge in [0.25, 0.3) is 0 Å². The molecule has 1 fully saturated rings. The maximum absolute atomic E-state index is 5.83. The molecule has 90 valence electrons. The summed E-state index contributed by atoms with van der Waals surface area (Å²) in [5.74, 6) is 1.38. The molecule has 1 heterocycles. The Labute approximate surface area is 99.6 Å². The van der Waals surface area contributed by atoms with Gasteiger partial charge >= 0.3 is 0 Å². The van der Waals surface area contributed by atoms with Crippen LogP contribution in [-0.4, -0.2) is 54.9 Å². The lowest BCUT2D eigenvalue weighted by Gasteiger charge is -2.28. The smallest absolute Gasteiger partial charge is 0.0261 e. The topological polar surface area (TPSA) is 6.48 Å². The van der Waals surface area contributed by atoms with Gasteiger partial charge in [-0.3, -0.25) is 4.90 Å². The van der Waals surface area contributed by atoms with E-state index in [4.69, 9.17) is 11.6 Å². The Morgan fingerprint density at radius 2 is 2.27 bits per heavy atom. The summed E-state index contributed by atoms with van der Waals surface area (Å²) in [5.41, 5.74) is 0. The van der Waals surface area contributed by atoms with Crippen LogP contribution < -0.4 is 0 Å². The van der Waals surface area contributed by atoms with Gasteiger partial charge in [0.1, 0.15) is 0 Å². The van der Waals surface area contributed by atoms with E-state index >= 15 is 0 Å². The summed E-state index contributed by atoms with van der Waals surface area (Å²) in [6.07, 6.45) is 2.74. The summed E-state index contributed by atoms with van der Waals surface area (Å²) >= 11 is 5.83. The minimum atomic E-state index is 0.605. The Balaban J connectivity index is 2.27. The zero-order valence-electron chi connectivity index (χ0n) is 10.4. The predicted molar refractivity (Wildman–Crippen MR) is 67.7 cm³/mol. The summed E-state index contributed by atoms with van der Waals surface area (Å²) in [7, 11) is 2.22. The molecule has 0 bridgehead atoms. The third-order valence-corrected chi connectivity index (χ3v) is 3.84. The van der Waals surface area contributed by atoms with Gasteiger partial charge in [-0.1, -0.05) is 13.8 Å². The lowest BCUT2D eigenvalue weighted by molar-refractivity contribution is 0.189. The molecule has 2 unspecified atom stereocenters. The summed E-state index contributed by atoms with van der Waals surface area (Å²) < 4.78 is 0. The molecule has 0 aromatic heterocycles. The van der Waals surface area contributed by atoms with E-state index in [1.807, 2.05) is 0 Å². The van der Waals surface area contributed by atoms with Crippen LogP contribution in [0.15, 0.2) is 0 Å². The Bertz CT molecular complexity index is 175. The van der Waals surface area contributed by atoms with E-state index in [0.717, 1.165) is 18.5 Å². The second-order valence-electron chi connectivity index (χ2n) is 4.91. The highest BCUT2D eigenvalue weighted by molar-refractivity contribution is 6.18. The maximum Gasteiger partial charge on any atom is 0.0261 e. The fraction of sp³-hybridized carbons (Fsp3) is 1.00. The Kier molecular flexibility index (Phi) is 5.95. The Morgan fingerprint density at radius 1 is 1.53 bits per heavy atom. The molecule has 3 heteroatoms. The van der Waals surface area contributed by atoms with Crippen molar-refractivity contribution in [3.8, 4) is 0 Å². The average Bonchev–Trinajstić information content (AvgIpc) is 2.64. The van der Waals surface area contributed by atoms with Crippen molar-refractivity contribution in [2.24, 2.45) is 5.92 Å². The molecule has 2 nitrogen and oxygen atoms in total. The number of rotatable bonds is 6. The van der Waals surface area contributed by atoms with Crippen LogP contribution >= 0.6 is 11.6 Å². The normalized spacial score (nSPS) is 25.0. The third-order valence-electron chi connectivity index (χ3n) is 3.31. The lowest BCUT2D eigenvalue weighted by Crippen LogP contribution is -2.40. The second kappa shape index (κ2) is 6.72. The van der Waals surface area contributed by atoms with E-state index in [1.165, 1.54) is 32.5 Å². The Hall–Kier alpha value is 0.210. The standard InChI is InChI=1S/C12H25ClN2/c1-4-15-7-5-6-12(15)10-14(3)9-11(2)8-13/h11-12H,4-10H2,1-3H3. The third kappa shape index (κ3) is 4.29. The second-order valence-corrected chi connectivity index (χ2v) is 5.21. The molecule has 1 rings (SSSR count). The van der Waals surface area contributed by atoms with Crippen molar-refractivity contribution in [1.29, 1.82) is 0 Å². The molecule has 0 N–H and O–H groups in total. The summed E-state index contributed by atoms with van der Waals surface area (Å²) in [4.78, 5) is 5.04. The van der Waals surface area contributed by atoms with Crippen molar-refractivity contribution < 1.29 is 0 Å². The molecular formula is C12H25ClN2. The molecule has 0 amide bonds. The first-order valence-electron chi connectivity index (χ1n) is 6.16. The Morgan fingerprint density at radius 3 is 2.87 bits per heavy atom. The van der Waals surface area contributed by atoms with E-state index in [0.29, 0.717) is 5.92 Å². The number of likely N-dealkylation sites (N-methyl/N-ethyl adjacent to an activating group) is 2. The highest BCUT2D eigenvalue weighted by atomic mass is 35.5. The first-order chi connectivity index (χ1) is 7.17. The van der Waals surface area contributed by atoms with Crippen LogP contribution in [0.1, 0.15) is 26.7 Å². The molecule has 0 aromatic carbocycles. The number of hydrogen-bond acceptors (Lipinski definition) is 2. The van der Waals surface area contributed by atoms with Crippen LogP contribution in [0.25, 0.3) is 0 Å². The molecule has 1 saturated heterocycles. The molecule has 0 aliphatic carbocycles. The quantitative estimate of drug-likeness (QED) is 0.649. The number of likely N-dealkylation sites (tertiary alicyclic amines) is 1. The van der Waals surface area contributed by atoms with Gasteiger partial charge in [-0.25, -0.2) is 0 Å². The van der Waals surface area contributed by atoms with Gasteiger partial charge in [0.15, 0.2) is 0 Å². The summed E-state index contributed by atoms with van der Waals surface area (Å²) in [6, 6.07) is 0.780. The van der Waals surface area contributed by atoms with Crippen LogP contribution in [0.2, 0.25) is 0 Å². The van der Waals surface area contributed by atoms with Crippen LogP contribution in [-0.2, 0) is 0 Å². The highest BCUT2D eigenvalue weighted by Crippen LogP contribution is 2.17. The van der Waals surface area contributed by atoms with Gasteiger partial charge in [-0.05, 0) is 38.9 Å². The molecule has 0 radical (unpaired) electrons. The molecule has 1 aliphatic heterocycles. The number of alkyl halides is 1. The fourth-order valence-electron chi connectivity index (χ4n) is 2.53. The summed E-state index contributed by atoms with van der Waals surface area (Å²) in [5, 5.41) is 0. The van der Waals surface area contributed by atoms with Gasteiger partial charge in [0.05, 0.1) is 0 Å². The highest BCUT2D eigenvalue weighted by Gasteiger charge is 2.24. The van der Waals surface area contributed by atoms with Crippen LogP contribution in [0.4, 0.5) is 0 Å². The van der Waals surface area contributed by atoms with Crippen molar-refractivity contribution in [3.05, 3.63) is 0 Å². The minimum Gasteiger partial charge on any atom is -0.305 e. The van der Waals surface area contributed by atoms with Gasteiger partial charge < -0.3 is 4.90 Å². The SMILES string of the molecule is CCN1CCCC1CN(C)CC(C)CCl. The van der Waals surface area contributed by atoms with E-state index in [-0.39, 0.29) is 0 Å². The zero-order valence-corrected chi connectivity index (χ0v) is 11.1. The van der Waals surface area contributed by atoms with E-state index in [1.54, 1.807) is 0 Å². The van der Waals surface area contributed by atoms with Crippen molar-refractivity contribution in [1.82, 2.24) is 9.80 Å². The van der Waals surface area contributed by atoms with Gasteiger partial charge in [-0.15, -0.1) is 11.6 Å². The first kappa shape index (κ1) is 13.3. The van der Waals surface area contributed by atoms with E-state index in [9.17, 15) is 0 Å². The largest absolute Gasteiger partial charge is 0.305 e. The number of nitrogens with zero attached hydrogens (tertiary/aromatic N) is 2. The van der Waals surface area contributed by atoms with Crippen LogP contribution in [0.3, 0.4) is 0 Å². The number of halogens is 1. The van der Waals surface area contributed by atoms with E-state index in [2.05, 4.69) is 30.7 Å². The van der Waals surface area contributed by atoms with Gasteiger partial charge in [-0.2, -0.15) is 0 Å².